The molecule has 2 nitrogen and oxygen atoms in total. The highest BCUT2D eigenvalue weighted by atomic mass is 35.5. The SMILES string of the molecule is CC1(CNCc2ccc(N)c(Cl)c2)CC1. The lowest BCUT2D eigenvalue weighted by Gasteiger charge is -2.10. The number of rotatable bonds is 4. The zero-order chi connectivity index (χ0) is 10.9. The summed E-state index contributed by atoms with van der Waals surface area (Å²) in [4.78, 5) is 0. The van der Waals surface area contributed by atoms with Crippen LogP contribution in [0.5, 0.6) is 0 Å². The van der Waals surface area contributed by atoms with Crippen LogP contribution < -0.4 is 11.1 Å². The first-order valence-electron chi connectivity index (χ1n) is 5.34. The monoisotopic (exact) mass is 224 g/mol. The number of nitrogen functional groups attached to an aromatic ring is 1. The molecule has 0 saturated heterocycles. The Morgan fingerprint density at radius 2 is 2.20 bits per heavy atom. The minimum atomic E-state index is 0.553. The fraction of sp³-hybridized carbons (Fsp3) is 0.500. The van der Waals surface area contributed by atoms with Gasteiger partial charge in [0.25, 0.3) is 0 Å². The molecule has 1 aromatic carbocycles. The molecule has 82 valence electrons. The first-order chi connectivity index (χ1) is 7.09. The molecule has 0 aliphatic heterocycles. The van der Waals surface area contributed by atoms with Gasteiger partial charge in [-0.05, 0) is 36.0 Å². The molecule has 1 aromatic rings. The second-order valence-corrected chi connectivity index (χ2v) is 5.18. The highest BCUT2D eigenvalue weighted by Crippen LogP contribution is 2.44. The number of nitrogens with two attached hydrogens (primary N) is 1. The van der Waals surface area contributed by atoms with Gasteiger partial charge in [0.1, 0.15) is 0 Å². The summed E-state index contributed by atoms with van der Waals surface area (Å²) in [6.07, 6.45) is 2.70. The molecule has 0 unspecified atom stereocenters. The summed E-state index contributed by atoms with van der Waals surface area (Å²) in [6.45, 7) is 4.28. The highest BCUT2D eigenvalue weighted by Gasteiger charge is 2.36. The van der Waals surface area contributed by atoms with Gasteiger partial charge >= 0.3 is 0 Å². The van der Waals surface area contributed by atoms with E-state index in [0.717, 1.165) is 13.1 Å². The van der Waals surface area contributed by atoms with Crippen LogP contribution in [-0.2, 0) is 6.54 Å². The zero-order valence-corrected chi connectivity index (χ0v) is 9.77. The Labute approximate surface area is 95.8 Å². The average molecular weight is 225 g/mol. The van der Waals surface area contributed by atoms with Crippen LogP contribution in [0.3, 0.4) is 0 Å². The maximum atomic E-state index is 5.94. The number of benzene rings is 1. The summed E-state index contributed by atoms with van der Waals surface area (Å²) in [7, 11) is 0. The number of nitrogens with one attached hydrogen (secondary N) is 1. The minimum Gasteiger partial charge on any atom is -0.398 e. The number of hydrogen-bond donors (Lipinski definition) is 2. The third-order valence-electron chi connectivity index (χ3n) is 3.05. The Kier molecular flexibility index (Phi) is 2.89. The van der Waals surface area contributed by atoms with E-state index in [4.69, 9.17) is 17.3 Å². The van der Waals surface area contributed by atoms with Crippen molar-refractivity contribution in [3.8, 4) is 0 Å². The molecular weight excluding hydrogens is 208 g/mol. The van der Waals surface area contributed by atoms with Crippen molar-refractivity contribution in [3.63, 3.8) is 0 Å². The second-order valence-electron chi connectivity index (χ2n) is 4.77. The summed E-state index contributed by atoms with van der Waals surface area (Å²) in [5, 5.41) is 4.10. The molecule has 0 heterocycles. The van der Waals surface area contributed by atoms with E-state index in [2.05, 4.69) is 12.2 Å². The van der Waals surface area contributed by atoms with Crippen LogP contribution in [0.1, 0.15) is 25.3 Å². The van der Waals surface area contributed by atoms with E-state index in [-0.39, 0.29) is 0 Å². The molecule has 0 amide bonds. The van der Waals surface area contributed by atoms with E-state index in [1.165, 1.54) is 18.4 Å². The molecule has 2 rings (SSSR count). The summed E-state index contributed by atoms with van der Waals surface area (Å²) < 4.78 is 0. The molecule has 0 radical (unpaired) electrons. The van der Waals surface area contributed by atoms with Gasteiger partial charge in [-0.2, -0.15) is 0 Å². The van der Waals surface area contributed by atoms with Crippen molar-refractivity contribution >= 4 is 17.3 Å². The molecule has 0 bridgehead atoms. The molecule has 1 saturated carbocycles. The number of hydrogen-bond acceptors (Lipinski definition) is 2. The van der Waals surface area contributed by atoms with Gasteiger partial charge in [0.05, 0.1) is 10.7 Å². The summed E-state index contributed by atoms with van der Waals surface area (Å²) in [6, 6.07) is 5.81. The van der Waals surface area contributed by atoms with Crippen LogP contribution in [-0.4, -0.2) is 6.54 Å². The minimum absolute atomic E-state index is 0.553. The van der Waals surface area contributed by atoms with E-state index in [9.17, 15) is 0 Å². The standard InChI is InChI=1S/C12H17ClN2/c1-12(4-5-12)8-15-7-9-2-3-11(14)10(13)6-9/h2-3,6,15H,4-5,7-8,14H2,1H3. The predicted octanol–water partition coefficient (Wildman–Crippen LogP) is 2.81. The van der Waals surface area contributed by atoms with Crippen LogP contribution in [0, 0.1) is 5.41 Å². The van der Waals surface area contributed by atoms with Gasteiger partial charge in [0.15, 0.2) is 0 Å². The first-order valence-corrected chi connectivity index (χ1v) is 5.71. The molecule has 3 heteroatoms. The van der Waals surface area contributed by atoms with Gasteiger partial charge in [-0.3, -0.25) is 0 Å². The Balaban J connectivity index is 1.85. The van der Waals surface area contributed by atoms with Crippen molar-refractivity contribution in [2.75, 3.05) is 12.3 Å². The third kappa shape index (κ3) is 2.86. The van der Waals surface area contributed by atoms with Crippen LogP contribution in [0.4, 0.5) is 5.69 Å². The molecule has 1 aliphatic rings. The predicted molar refractivity (Wildman–Crippen MR) is 64.9 cm³/mol. The zero-order valence-electron chi connectivity index (χ0n) is 9.02. The molecule has 15 heavy (non-hydrogen) atoms. The smallest absolute Gasteiger partial charge is 0.0638 e. The Morgan fingerprint density at radius 1 is 1.47 bits per heavy atom. The lowest BCUT2D eigenvalue weighted by molar-refractivity contribution is 0.499. The van der Waals surface area contributed by atoms with E-state index >= 15 is 0 Å². The van der Waals surface area contributed by atoms with Crippen LogP contribution in [0.15, 0.2) is 18.2 Å². The number of halogens is 1. The van der Waals surface area contributed by atoms with Gasteiger partial charge in [-0.25, -0.2) is 0 Å². The largest absolute Gasteiger partial charge is 0.398 e. The van der Waals surface area contributed by atoms with E-state index in [0.29, 0.717) is 16.1 Å². The molecule has 3 N–H and O–H groups in total. The summed E-state index contributed by atoms with van der Waals surface area (Å²) in [5.41, 5.74) is 8.04. The van der Waals surface area contributed by atoms with Crippen LogP contribution in [0.25, 0.3) is 0 Å². The Hall–Kier alpha value is -0.730. The Bertz CT molecular complexity index is 359. The van der Waals surface area contributed by atoms with Crippen LogP contribution >= 0.6 is 11.6 Å². The van der Waals surface area contributed by atoms with Crippen molar-refractivity contribution in [2.45, 2.75) is 26.3 Å². The lowest BCUT2D eigenvalue weighted by Crippen LogP contribution is -2.21. The lowest BCUT2D eigenvalue weighted by atomic mass is 10.1. The highest BCUT2D eigenvalue weighted by molar-refractivity contribution is 6.33. The van der Waals surface area contributed by atoms with Crippen LogP contribution in [0.2, 0.25) is 5.02 Å². The van der Waals surface area contributed by atoms with E-state index in [1.807, 2.05) is 18.2 Å². The Morgan fingerprint density at radius 3 is 2.80 bits per heavy atom. The van der Waals surface area contributed by atoms with Crippen molar-refractivity contribution in [1.82, 2.24) is 5.32 Å². The summed E-state index contributed by atoms with van der Waals surface area (Å²) >= 11 is 5.94. The topological polar surface area (TPSA) is 38.0 Å². The fourth-order valence-electron chi connectivity index (χ4n) is 1.58. The van der Waals surface area contributed by atoms with Gasteiger partial charge < -0.3 is 11.1 Å². The van der Waals surface area contributed by atoms with E-state index in [1.54, 1.807) is 0 Å². The van der Waals surface area contributed by atoms with Gasteiger partial charge in [0, 0.05) is 13.1 Å². The number of anilines is 1. The molecule has 1 fully saturated rings. The van der Waals surface area contributed by atoms with Gasteiger partial charge in [0.2, 0.25) is 0 Å². The van der Waals surface area contributed by atoms with Crippen molar-refractivity contribution < 1.29 is 0 Å². The maximum absolute atomic E-state index is 5.94. The average Bonchev–Trinajstić information content (AvgIpc) is 2.90. The van der Waals surface area contributed by atoms with Crippen molar-refractivity contribution in [3.05, 3.63) is 28.8 Å². The van der Waals surface area contributed by atoms with Gasteiger partial charge in [-0.15, -0.1) is 0 Å². The second kappa shape index (κ2) is 4.03. The molecule has 0 atom stereocenters. The fourth-order valence-corrected chi connectivity index (χ4v) is 1.78. The first kappa shape index (κ1) is 10.8. The normalized spacial score (nSPS) is 17.7. The molecule has 0 spiro atoms. The maximum Gasteiger partial charge on any atom is 0.0638 e. The molecule has 1 aliphatic carbocycles. The molecular formula is C12H17ClN2. The van der Waals surface area contributed by atoms with Gasteiger partial charge in [-0.1, -0.05) is 24.6 Å². The van der Waals surface area contributed by atoms with Crippen molar-refractivity contribution in [2.24, 2.45) is 5.41 Å². The third-order valence-corrected chi connectivity index (χ3v) is 3.38. The molecule has 0 aromatic heterocycles. The quantitative estimate of drug-likeness (QED) is 0.772. The van der Waals surface area contributed by atoms with Crippen molar-refractivity contribution in [1.29, 1.82) is 0 Å². The van der Waals surface area contributed by atoms with E-state index < -0.39 is 0 Å². The summed E-state index contributed by atoms with van der Waals surface area (Å²) in [5.74, 6) is 0.